The first-order valence-corrected chi connectivity index (χ1v) is 0. The van der Waals surface area contributed by atoms with E-state index in [0.717, 1.165) is 0 Å². The first-order chi connectivity index (χ1) is 0. The fraction of sp³-hybridized carbons (Fsp3) is 0. The van der Waals surface area contributed by atoms with Gasteiger partial charge >= 0.3 is 23.1 Å². The predicted octanol–water partition coefficient (Wildman–Crippen LogP) is -4.74. The summed E-state index contributed by atoms with van der Waals surface area (Å²) in [5, 5.41) is 0. The molecule has 0 fully saturated rings. The van der Waals surface area contributed by atoms with Crippen LogP contribution < -0.4 is 0 Å². The fourth-order valence-electron chi connectivity index (χ4n) is 0. The Morgan fingerprint density at radius 2 is 1.00 bits per heavy atom. The van der Waals surface area contributed by atoms with Crippen LogP contribution in [-0.2, 0) is 17.1 Å². The van der Waals surface area contributed by atoms with Gasteiger partial charge in [0.2, 0.25) is 0 Å². The molecular formula is H12AlBCuMgSi. The van der Waals surface area contributed by atoms with Crippen LogP contribution in [0.4, 0.5) is 0 Å². The maximum atomic E-state index is 0. The standard InChI is InChI=1S/Al.BH3.Cu.Mg.H4Si.5H/h;1H3;;;1H4;;;;;. The number of hydrogen-bond donors (Lipinski definition) is 0. The molecule has 5 heavy (non-hydrogen) atoms. The van der Waals surface area contributed by atoms with Crippen molar-refractivity contribution in [2.45, 2.75) is 0 Å². The number of hydrogen-bond acceptors (Lipinski definition) is 0. The molecule has 0 aromatic rings. The minimum atomic E-state index is 0. The van der Waals surface area contributed by atoms with Crippen LogP contribution in [0.15, 0.2) is 0 Å². The van der Waals surface area contributed by atoms with Crippen molar-refractivity contribution in [3.8, 4) is 0 Å². The molecule has 5 heteroatoms. The summed E-state index contributed by atoms with van der Waals surface area (Å²) < 4.78 is 0. The summed E-state index contributed by atoms with van der Waals surface area (Å²) in [6, 6.07) is 0. The first-order valence-electron chi connectivity index (χ1n) is 0. The second-order valence-corrected chi connectivity index (χ2v) is 0. The van der Waals surface area contributed by atoms with Crippen LogP contribution in [0.3, 0.4) is 0 Å². The maximum Gasteiger partial charge on any atom is 0.316 e. The van der Waals surface area contributed by atoms with E-state index in [2.05, 4.69) is 0 Å². The van der Waals surface area contributed by atoms with Crippen LogP contribution in [0.5, 0.6) is 0 Å². The monoisotopic (exact) mass is 165 g/mol. The molecule has 0 amide bonds. The molecular weight excluding hydrogens is 154 g/mol. The largest absolute Gasteiger partial charge is 0.316 e. The molecule has 0 aliphatic heterocycles. The van der Waals surface area contributed by atoms with Crippen LogP contribution in [-0.4, -0.2) is 59.8 Å². The first kappa shape index (κ1) is 59.9. The van der Waals surface area contributed by atoms with Crippen molar-refractivity contribution in [3.05, 3.63) is 0 Å². The van der Waals surface area contributed by atoms with Gasteiger partial charge in [0.05, 0.1) is 8.41 Å². The zero-order valence-corrected chi connectivity index (χ0v) is 1.24. The summed E-state index contributed by atoms with van der Waals surface area (Å²) in [6.45, 7) is 0. The summed E-state index contributed by atoms with van der Waals surface area (Å²) >= 11 is 0. The van der Waals surface area contributed by atoms with Crippen molar-refractivity contribution in [1.82, 2.24) is 0 Å². The van der Waals surface area contributed by atoms with Crippen LogP contribution >= 0.6 is 0 Å². The van der Waals surface area contributed by atoms with Crippen molar-refractivity contribution >= 4 is 59.8 Å². The predicted molar refractivity (Wildman–Crippen MR) is 39.8 cm³/mol. The minimum Gasteiger partial charge on any atom is -0.0149 e. The van der Waals surface area contributed by atoms with Gasteiger partial charge in [-0.1, -0.05) is 0 Å². The Labute approximate surface area is 76.2 Å². The summed E-state index contributed by atoms with van der Waals surface area (Å²) in [5.74, 6) is 0. The summed E-state index contributed by atoms with van der Waals surface area (Å²) in [7, 11) is 0. The normalized spacial score (nSPS) is 0. The molecule has 0 aliphatic rings. The Morgan fingerprint density at radius 3 is 1.00 bits per heavy atom. The third-order valence-electron chi connectivity index (χ3n) is 0. The zero-order valence-electron chi connectivity index (χ0n) is 0.302. The van der Waals surface area contributed by atoms with Gasteiger partial charge in [0.15, 0.2) is 17.4 Å². The Bertz CT molecular complexity index is 11.6. The molecule has 0 aromatic heterocycles. The molecule has 0 saturated carbocycles. The van der Waals surface area contributed by atoms with Gasteiger partial charge in [0.1, 0.15) is 0 Å². The van der Waals surface area contributed by atoms with E-state index in [1.807, 2.05) is 0 Å². The molecule has 0 unspecified atom stereocenters. The molecule has 0 saturated heterocycles. The van der Waals surface area contributed by atoms with Gasteiger partial charge in [-0.05, 0) is 11.0 Å². The Hall–Kier alpha value is 2.10. The topological polar surface area (TPSA) is 0 Å². The van der Waals surface area contributed by atoms with Gasteiger partial charge in [0.25, 0.3) is 0 Å². The Morgan fingerprint density at radius 1 is 1.00 bits per heavy atom. The minimum absolute atomic E-state index is 0. The smallest absolute Gasteiger partial charge is 0.0149 e. The molecule has 0 bridgehead atoms. The second kappa shape index (κ2) is 36.0. The molecule has 0 spiro atoms. The van der Waals surface area contributed by atoms with E-state index in [1.165, 1.54) is 0 Å². The quantitative estimate of drug-likeness (QED) is 0.317. The summed E-state index contributed by atoms with van der Waals surface area (Å²) in [4.78, 5) is 0. The van der Waals surface area contributed by atoms with Crippen LogP contribution in [0.1, 0.15) is 0 Å². The fourth-order valence-corrected chi connectivity index (χ4v) is 0. The van der Waals surface area contributed by atoms with E-state index in [-0.39, 0.29) is 76.9 Å². The average Bonchev–Trinajstić information content (AvgIpc) is 0. The van der Waals surface area contributed by atoms with E-state index in [1.54, 1.807) is 0 Å². The van der Waals surface area contributed by atoms with E-state index in [0.29, 0.717) is 0 Å². The molecule has 0 atom stereocenters. The van der Waals surface area contributed by atoms with Gasteiger partial charge in [-0.3, -0.25) is 0 Å². The SMILES string of the molecule is B.[AlH3].[Cu].[MgH2].[SiH4]. The number of rotatable bonds is 0. The van der Waals surface area contributed by atoms with E-state index in [4.69, 9.17) is 0 Å². The van der Waals surface area contributed by atoms with Gasteiger partial charge in [-0.25, -0.2) is 0 Å². The van der Waals surface area contributed by atoms with Crippen LogP contribution in [0.25, 0.3) is 0 Å². The van der Waals surface area contributed by atoms with E-state index in [9.17, 15) is 0 Å². The molecule has 0 aliphatic carbocycles. The Kier molecular flexibility index (Phi) is 431. The molecule has 0 aromatic carbocycles. The van der Waals surface area contributed by atoms with Crippen molar-refractivity contribution < 1.29 is 17.1 Å². The summed E-state index contributed by atoms with van der Waals surface area (Å²) in [5.41, 5.74) is 0. The van der Waals surface area contributed by atoms with Gasteiger partial charge < -0.3 is 0 Å². The zero-order chi connectivity index (χ0) is 0. The van der Waals surface area contributed by atoms with Crippen LogP contribution in [0.2, 0.25) is 0 Å². The van der Waals surface area contributed by atoms with Crippen molar-refractivity contribution in [1.29, 1.82) is 0 Å². The molecule has 0 N–H and O–H groups in total. The molecule has 0 heterocycles. The van der Waals surface area contributed by atoms with Crippen molar-refractivity contribution in [2.24, 2.45) is 0 Å². The maximum absolute atomic E-state index is 0. The van der Waals surface area contributed by atoms with Gasteiger partial charge in [0, 0.05) is 17.1 Å². The van der Waals surface area contributed by atoms with Crippen molar-refractivity contribution in [3.63, 3.8) is 0 Å². The Balaban J connectivity index is 0. The average molecular weight is 166 g/mol. The molecule has 0 rings (SSSR count). The third-order valence-corrected chi connectivity index (χ3v) is 0. The summed E-state index contributed by atoms with van der Waals surface area (Å²) in [6.07, 6.45) is 0. The molecule has 35 valence electrons. The molecule has 1 radical (unpaired) electrons. The van der Waals surface area contributed by atoms with E-state index >= 15 is 0 Å². The van der Waals surface area contributed by atoms with Gasteiger partial charge in [-0.15, -0.1) is 0 Å². The second-order valence-electron chi connectivity index (χ2n) is 0. The van der Waals surface area contributed by atoms with Crippen molar-refractivity contribution in [2.75, 3.05) is 0 Å². The van der Waals surface area contributed by atoms with E-state index < -0.39 is 0 Å². The van der Waals surface area contributed by atoms with Gasteiger partial charge in [-0.2, -0.15) is 0 Å². The van der Waals surface area contributed by atoms with Crippen LogP contribution in [0, 0.1) is 0 Å². The molecule has 0 nitrogen and oxygen atoms in total. The third kappa shape index (κ3) is 23.3.